The zero-order chi connectivity index (χ0) is 19.9. The standard InChI is InChI=1S/C20H21BrN2O4S/c1-25-17-9-8-13(21)11-15(17)19(24)23-20(28)22-16-6-2-3-7-18(16)27-12-14-5-4-10-26-14/h2-3,6-9,11,14H,4-5,10,12H2,1H3,(H2,22,23,24,28). The Kier molecular flexibility index (Phi) is 7.24. The number of hydrogen-bond donors (Lipinski definition) is 2. The van der Waals surface area contributed by atoms with E-state index < -0.39 is 0 Å². The number of carbonyl (C=O) groups excluding carboxylic acids is 1. The van der Waals surface area contributed by atoms with E-state index in [1.165, 1.54) is 7.11 Å². The number of anilines is 1. The van der Waals surface area contributed by atoms with Gasteiger partial charge in [-0.05, 0) is 55.4 Å². The smallest absolute Gasteiger partial charge is 0.261 e. The number of nitrogens with one attached hydrogen (secondary N) is 2. The van der Waals surface area contributed by atoms with Gasteiger partial charge in [-0.3, -0.25) is 10.1 Å². The molecule has 8 heteroatoms. The predicted octanol–water partition coefficient (Wildman–Crippen LogP) is 4.14. The first-order valence-corrected chi connectivity index (χ1v) is 10.1. The summed E-state index contributed by atoms with van der Waals surface area (Å²) in [5.74, 6) is 0.742. The second-order valence-electron chi connectivity index (χ2n) is 6.20. The van der Waals surface area contributed by atoms with Crippen molar-refractivity contribution >= 4 is 44.9 Å². The normalized spacial score (nSPS) is 15.7. The van der Waals surface area contributed by atoms with Gasteiger partial charge in [0.2, 0.25) is 0 Å². The SMILES string of the molecule is COc1ccc(Br)cc1C(=O)NC(=S)Nc1ccccc1OCC1CCCO1. The molecule has 1 aliphatic heterocycles. The molecule has 2 aromatic carbocycles. The molecule has 0 bridgehead atoms. The van der Waals surface area contributed by atoms with Crippen LogP contribution in [0.25, 0.3) is 0 Å². The molecule has 148 valence electrons. The summed E-state index contributed by atoms with van der Waals surface area (Å²) >= 11 is 8.66. The van der Waals surface area contributed by atoms with Crippen LogP contribution in [0.1, 0.15) is 23.2 Å². The first-order valence-electron chi connectivity index (χ1n) is 8.86. The summed E-state index contributed by atoms with van der Waals surface area (Å²) < 4.78 is 17.5. The van der Waals surface area contributed by atoms with Crippen molar-refractivity contribution < 1.29 is 19.0 Å². The molecule has 1 heterocycles. The second-order valence-corrected chi connectivity index (χ2v) is 7.52. The van der Waals surface area contributed by atoms with Gasteiger partial charge in [0.25, 0.3) is 5.91 Å². The molecule has 6 nitrogen and oxygen atoms in total. The lowest BCUT2D eigenvalue weighted by atomic mass is 10.2. The third-order valence-corrected chi connectivity index (χ3v) is 4.91. The van der Waals surface area contributed by atoms with Gasteiger partial charge in [0.05, 0.1) is 24.5 Å². The summed E-state index contributed by atoms with van der Waals surface area (Å²) in [6.07, 6.45) is 2.17. The Morgan fingerprint density at radius 3 is 2.86 bits per heavy atom. The van der Waals surface area contributed by atoms with Gasteiger partial charge >= 0.3 is 0 Å². The van der Waals surface area contributed by atoms with Crippen molar-refractivity contribution in [2.45, 2.75) is 18.9 Å². The summed E-state index contributed by atoms with van der Waals surface area (Å²) in [5.41, 5.74) is 1.05. The van der Waals surface area contributed by atoms with Crippen molar-refractivity contribution in [1.82, 2.24) is 5.32 Å². The Morgan fingerprint density at radius 1 is 1.29 bits per heavy atom. The van der Waals surface area contributed by atoms with Gasteiger partial charge in [-0.25, -0.2) is 0 Å². The molecule has 1 atom stereocenters. The van der Waals surface area contributed by atoms with Crippen LogP contribution in [0.5, 0.6) is 11.5 Å². The summed E-state index contributed by atoms with van der Waals surface area (Å²) in [4.78, 5) is 12.6. The highest BCUT2D eigenvalue weighted by Crippen LogP contribution is 2.26. The zero-order valence-electron chi connectivity index (χ0n) is 15.4. The van der Waals surface area contributed by atoms with Gasteiger partial charge in [-0.1, -0.05) is 28.1 Å². The van der Waals surface area contributed by atoms with E-state index in [4.69, 9.17) is 26.4 Å². The van der Waals surface area contributed by atoms with Crippen molar-refractivity contribution in [3.05, 3.63) is 52.5 Å². The highest BCUT2D eigenvalue weighted by Gasteiger charge is 2.18. The Hall–Kier alpha value is -2.16. The van der Waals surface area contributed by atoms with E-state index in [2.05, 4.69) is 26.6 Å². The first kappa shape index (κ1) is 20.6. The molecule has 2 N–H and O–H groups in total. The third-order valence-electron chi connectivity index (χ3n) is 4.22. The van der Waals surface area contributed by atoms with Crippen molar-refractivity contribution in [2.24, 2.45) is 0 Å². The number of rotatable bonds is 6. The van der Waals surface area contributed by atoms with Crippen LogP contribution in [0, 0.1) is 0 Å². The van der Waals surface area contributed by atoms with Crippen molar-refractivity contribution in [1.29, 1.82) is 0 Å². The highest BCUT2D eigenvalue weighted by atomic mass is 79.9. The van der Waals surface area contributed by atoms with Gasteiger partial charge in [0.1, 0.15) is 18.1 Å². The minimum atomic E-state index is -0.367. The maximum absolute atomic E-state index is 12.6. The van der Waals surface area contributed by atoms with Crippen LogP contribution in [0.15, 0.2) is 46.9 Å². The number of hydrogen-bond acceptors (Lipinski definition) is 5. The van der Waals surface area contributed by atoms with Gasteiger partial charge in [-0.15, -0.1) is 0 Å². The van der Waals surface area contributed by atoms with E-state index in [1.807, 2.05) is 24.3 Å². The monoisotopic (exact) mass is 464 g/mol. The van der Waals surface area contributed by atoms with E-state index in [0.717, 1.165) is 23.9 Å². The second kappa shape index (κ2) is 9.86. The van der Waals surface area contributed by atoms with Gasteiger partial charge in [-0.2, -0.15) is 0 Å². The van der Waals surface area contributed by atoms with Gasteiger partial charge < -0.3 is 19.5 Å². The van der Waals surface area contributed by atoms with E-state index in [-0.39, 0.29) is 17.1 Å². The molecule has 2 aromatic rings. The molecule has 3 rings (SSSR count). The first-order chi connectivity index (χ1) is 13.6. The number of benzene rings is 2. The quantitative estimate of drug-likeness (QED) is 0.626. The number of halogens is 1. The van der Waals surface area contributed by atoms with Crippen molar-refractivity contribution in [3.63, 3.8) is 0 Å². The fraction of sp³-hybridized carbons (Fsp3) is 0.300. The molecule has 0 spiro atoms. The number of amides is 1. The Labute approximate surface area is 177 Å². The van der Waals surface area contributed by atoms with E-state index in [1.54, 1.807) is 18.2 Å². The van der Waals surface area contributed by atoms with E-state index in [0.29, 0.717) is 29.4 Å². The molecule has 1 unspecified atom stereocenters. The highest BCUT2D eigenvalue weighted by molar-refractivity contribution is 9.10. The van der Waals surface area contributed by atoms with Crippen molar-refractivity contribution in [3.8, 4) is 11.5 Å². The van der Waals surface area contributed by atoms with Crippen LogP contribution < -0.4 is 20.1 Å². The minimum Gasteiger partial charge on any atom is -0.496 e. The molecular weight excluding hydrogens is 444 g/mol. The van der Waals surface area contributed by atoms with Crippen LogP contribution in [0.4, 0.5) is 5.69 Å². The van der Waals surface area contributed by atoms with Crippen LogP contribution in [-0.2, 0) is 4.74 Å². The lowest BCUT2D eigenvalue weighted by Crippen LogP contribution is -2.34. The van der Waals surface area contributed by atoms with Gasteiger partial charge in [0, 0.05) is 11.1 Å². The Bertz CT molecular complexity index is 856. The number of para-hydroxylation sites is 2. The molecular formula is C20H21BrN2O4S. The van der Waals surface area contributed by atoms with Crippen molar-refractivity contribution in [2.75, 3.05) is 25.6 Å². The molecule has 28 heavy (non-hydrogen) atoms. The van der Waals surface area contributed by atoms with Crippen LogP contribution in [-0.4, -0.2) is 37.4 Å². The summed E-state index contributed by atoms with van der Waals surface area (Å²) in [6.45, 7) is 1.26. The van der Waals surface area contributed by atoms with E-state index in [9.17, 15) is 4.79 Å². The average Bonchev–Trinajstić information content (AvgIpc) is 3.20. The molecule has 0 aromatic heterocycles. The number of carbonyl (C=O) groups is 1. The number of methoxy groups -OCH3 is 1. The third kappa shape index (κ3) is 5.43. The molecule has 0 aliphatic carbocycles. The Morgan fingerprint density at radius 2 is 2.11 bits per heavy atom. The lowest BCUT2D eigenvalue weighted by molar-refractivity contribution is 0.0682. The fourth-order valence-corrected chi connectivity index (χ4v) is 3.40. The molecule has 1 aliphatic rings. The minimum absolute atomic E-state index is 0.115. The maximum Gasteiger partial charge on any atom is 0.261 e. The predicted molar refractivity (Wildman–Crippen MR) is 115 cm³/mol. The average molecular weight is 465 g/mol. The molecule has 1 saturated heterocycles. The Balaban J connectivity index is 1.63. The number of thiocarbonyl (C=S) groups is 1. The summed E-state index contributed by atoms with van der Waals surface area (Å²) in [7, 11) is 1.51. The molecule has 0 saturated carbocycles. The molecule has 0 radical (unpaired) electrons. The fourth-order valence-electron chi connectivity index (χ4n) is 2.84. The van der Waals surface area contributed by atoms with Crippen LogP contribution in [0.2, 0.25) is 0 Å². The van der Waals surface area contributed by atoms with Crippen LogP contribution in [0.3, 0.4) is 0 Å². The molecule has 1 fully saturated rings. The zero-order valence-corrected chi connectivity index (χ0v) is 17.8. The molecule has 1 amide bonds. The lowest BCUT2D eigenvalue weighted by Gasteiger charge is -2.16. The van der Waals surface area contributed by atoms with E-state index >= 15 is 0 Å². The number of ether oxygens (including phenoxy) is 3. The van der Waals surface area contributed by atoms with Crippen LogP contribution >= 0.6 is 28.1 Å². The maximum atomic E-state index is 12.6. The largest absolute Gasteiger partial charge is 0.496 e. The van der Waals surface area contributed by atoms with Gasteiger partial charge in [0.15, 0.2) is 5.11 Å². The summed E-state index contributed by atoms with van der Waals surface area (Å²) in [6, 6.07) is 12.6. The summed E-state index contributed by atoms with van der Waals surface area (Å²) in [5, 5.41) is 5.86. The topological polar surface area (TPSA) is 68.8 Å².